The molecule has 24 heavy (non-hydrogen) atoms. The molecule has 1 unspecified atom stereocenters. The second-order valence-electron chi connectivity index (χ2n) is 5.75. The normalized spacial score (nSPS) is 12.8. The quantitative estimate of drug-likeness (QED) is 0.623. The molecule has 1 aromatic carbocycles. The van der Waals surface area contributed by atoms with E-state index in [2.05, 4.69) is 27.5 Å². The summed E-state index contributed by atoms with van der Waals surface area (Å²) >= 11 is 1.71. The number of ether oxygens (including phenoxy) is 1. The van der Waals surface area contributed by atoms with Crippen LogP contribution in [0.1, 0.15) is 28.1 Å². The third-order valence-electron chi connectivity index (χ3n) is 3.68. The molecule has 0 saturated carbocycles. The number of aliphatic imine (C=N–C) groups is 1. The van der Waals surface area contributed by atoms with Crippen LogP contribution in [0.2, 0.25) is 0 Å². The van der Waals surface area contributed by atoms with Gasteiger partial charge in [-0.3, -0.25) is 4.99 Å². The van der Waals surface area contributed by atoms with Crippen LogP contribution < -0.4 is 15.4 Å². The second kappa shape index (κ2) is 8.68. The van der Waals surface area contributed by atoms with Crippen molar-refractivity contribution in [3.63, 3.8) is 0 Å². The van der Waals surface area contributed by atoms with E-state index in [1.54, 1.807) is 18.4 Å². The first-order chi connectivity index (χ1) is 11.5. The van der Waals surface area contributed by atoms with Crippen molar-refractivity contribution in [3.05, 3.63) is 45.4 Å². The van der Waals surface area contributed by atoms with Gasteiger partial charge in [-0.15, -0.1) is 11.3 Å². The summed E-state index contributed by atoms with van der Waals surface area (Å²) in [5.41, 5.74) is 2.24. The third kappa shape index (κ3) is 5.23. The van der Waals surface area contributed by atoms with Crippen LogP contribution in [0, 0.1) is 20.8 Å². The van der Waals surface area contributed by atoms with Crippen molar-refractivity contribution in [2.45, 2.75) is 40.3 Å². The summed E-state index contributed by atoms with van der Waals surface area (Å²) in [4.78, 5) is 10.0. The molecule has 0 radical (unpaired) electrons. The number of benzene rings is 1. The van der Waals surface area contributed by atoms with Gasteiger partial charge < -0.3 is 15.4 Å². The predicted molar refractivity (Wildman–Crippen MR) is 101 cm³/mol. The van der Waals surface area contributed by atoms with Crippen LogP contribution in [0.4, 0.5) is 0 Å². The van der Waals surface area contributed by atoms with E-state index in [1.807, 2.05) is 45.0 Å². The van der Waals surface area contributed by atoms with Gasteiger partial charge in [0.1, 0.15) is 16.9 Å². The highest BCUT2D eigenvalue weighted by atomic mass is 32.1. The van der Waals surface area contributed by atoms with Crippen molar-refractivity contribution in [1.29, 1.82) is 0 Å². The molecule has 6 heteroatoms. The van der Waals surface area contributed by atoms with E-state index in [-0.39, 0.29) is 6.10 Å². The van der Waals surface area contributed by atoms with E-state index in [4.69, 9.17) is 4.74 Å². The smallest absolute Gasteiger partial charge is 0.191 e. The maximum atomic E-state index is 5.97. The van der Waals surface area contributed by atoms with Crippen LogP contribution in [0.3, 0.4) is 0 Å². The molecule has 2 rings (SSSR count). The van der Waals surface area contributed by atoms with E-state index in [0.717, 1.165) is 28.0 Å². The number of nitrogens with zero attached hydrogens (tertiary/aromatic N) is 2. The van der Waals surface area contributed by atoms with Crippen molar-refractivity contribution >= 4 is 17.3 Å². The first kappa shape index (κ1) is 18.3. The summed E-state index contributed by atoms with van der Waals surface area (Å²) in [7, 11) is 1.76. The van der Waals surface area contributed by atoms with Crippen LogP contribution in [-0.2, 0) is 6.54 Å². The number of hydrogen-bond acceptors (Lipinski definition) is 4. The van der Waals surface area contributed by atoms with Gasteiger partial charge in [0.2, 0.25) is 0 Å². The molecular weight excluding hydrogens is 320 g/mol. The summed E-state index contributed by atoms with van der Waals surface area (Å²) in [6.07, 6.45) is 0.0361. The molecule has 0 aliphatic carbocycles. The van der Waals surface area contributed by atoms with Crippen LogP contribution >= 0.6 is 11.3 Å². The van der Waals surface area contributed by atoms with Gasteiger partial charge in [0.25, 0.3) is 0 Å². The molecule has 0 spiro atoms. The van der Waals surface area contributed by atoms with E-state index < -0.39 is 0 Å². The first-order valence-corrected chi connectivity index (χ1v) is 8.91. The third-order valence-corrected chi connectivity index (χ3v) is 4.76. The van der Waals surface area contributed by atoms with Gasteiger partial charge in [-0.1, -0.05) is 18.2 Å². The molecule has 1 atom stereocenters. The highest BCUT2D eigenvalue weighted by Gasteiger charge is 2.08. The highest BCUT2D eigenvalue weighted by Crippen LogP contribution is 2.17. The van der Waals surface area contributed by atoms with E-state index >= 15 is 0 Å². The lowest BCUT2D eigenvalue weighted by molar-refractivity contribution is 0.222. The minimum Gasteiger partial charge on any atom is -0.489 e. The van der Waals surface area contributed by atoms with E-state index in [0.29, 0.717) is 13.1 Å². The molecule has 1 heterocycles. The van der Waals surface area contributed by atoms with Gasteiger partial charge in [-0.05, 0) is 39.3 Å². The Morgan fingerprint density at radius 2 is 2.00 bits per heavy atom. The van der Waals surface area contributed by atoms with Gasteiger partial charge in [0, 0.05) is 11.9 Å². The number of aromatic nitrogens is 1. The molecule has 5 nitrogen and oxygen atoms in total. The molecule has 0 bridgehead atoms. The van der Waals surface area contributed by atoms with Crippen molar-refractivity contribution in [1.82, 2.24) is 15.6 Å². The Labute approximate surface area is 148 Å². The summed E-state index contributed by atoms with van der Waals surface area (Å²) in [6, 6.07) is 8.04. The molecule has 0 saturated heterocycles. The number of rotatable bonds is 6. The van der Waals surface area contributed by atoms with Gasteiger partial charge in [0.15, 0.2) is 5.96 Å². The highest BCUT2D eigenvalue weighted by molar-refractivity contribution is 7.11. The molecule has 0 aliphatic rings. The zero-order valence-electron chi connectivity index (χ0n) is 15.0. The standard InChI is InChI=1S/C18H26N4OS/c1-12-8-6-7-9-16(12)23-13(2)10-20-18(19-5)21-11-17-22-14(3)15(4)24-17/h6-9,13H,10-11H2,1-5H3,(H2,19,20,21). The molecule has 0 aliphatic heterocycles. The Balaban J connectivity index is 1.79. The SMILES string of the molecule is CN=C(NCc1nc(C)c(C)s1)NCC(C)Oc1ccccc1C. The lowest BCUT2D eigenvalue weighted by atomic mass is 10.2. The van der Waals surface area contributed by atoms with Crippen molar-refractivity contribution in [3.8, 4) is 5.75 Å². The van der Waals surface area contributed by atoms with Crippen molar-refractivity contribution in [2.75, 3.05) is 13.6 Å². The van der Waals surface area contributed by atoms with Gasteiger partial charge in [0.05, 0.1) is 18.8 Å². The minimum absolute atomic E-state index is 0.0361. The van der Waals surface area contributed by atoms with Crippen LogP contribution in [0.15, 0.2) is 29.3 Å². The average Bonchev–Trinajstić information content (AvgIpc) is 2.88. The van der Waals surface area contributed by atoms with Gasteiger partial charge in [-0.25, -0.2) is 4.98 Å². The topological polar surface area (TPSA) is 58.5 Å². The number of nitrogens with one attached hydrogen (secondary N) is 2. The zero-order valence-corrected chi connectivity index (χ0v) is 15.8. The van der Waals surface area contributed by atoms with E-state index in [9.17, 15) is 0 Å². The van der Waals surface area contributed by atoms with Crippen LogP contribution in [0.5, 0.6) is 5.75 Å². The number of para-hydroxylation sites is 1. The second-order valence-corrected chi connectivity index (χ2v) is 7.04. The molecule has 2 aromatic rings. The minimum atomic E-state index is 0.0361. The Morgan fingerprint density at radius 3 is 2.62 bits per heavy atom. The first-order valence-electron chi connectivity index (χ1n) is 8.09. The van der Waals surface area contributed by atoms with Crippen molar-refractivity contribution < 1.29 is 4.74 Å². The van der Waals surface area contributed by atoms with E-state index in [1.165, 1.54) is 4.88 Å². The lowest BCUT2D eigenvalue weighted by Gasteiger charge is -2.18. The fraction of sp³-hybridized carbons (Fsp3) is 0.444. The molecule has 0 fully saturated rings. The number of aryl methyl sites for hydroxylation is 3. The lowest BCUT2D eigenvalue weighted by Crippen LogP contribution is -2.41. The fourth-order valence-corrected chi connectivity index (χ4v) is 3.06. The molecular formula is C18H26N4OS. The summed E-state index contributed by atoms with van der Waals surface area (Å²) in [5.74, 6) is 1.67. The van der Waals surface area contributed by atoms with Gasteiger partial charge >= 0.3 is 0 Å². The average molecular weight is 347 g/mol. The Bertz CT molecular complexity index is 677. The molecule has 0 amide bonds. The predicted octanol–water partition coefficient (Wildman–Crippen LogP) is 3.20. The maximum absolute atomic E-state index is 5.97. The Morgan fingerprint density at radius 1 is 1.25 bits per heavy atom. The van der Waals surface area contributed by atoms with Gasteiger partial charge in [-0.2, -0.15) is 0 Å². The maximum Gasteiger partial charge on any atom is 0.191 e. The molecule has 130 valence electrons. The largest absolute Gasteiger partial charge is 0.489 e. The Hall–Kier alpha value is -2.08. The van der Waals surface area contributed by atoms with Crippen LogP contribution in [-0.4, -0.2) is 30.6 Å². The zero-order chi connectivity index (χ0) is 17.5. The number of thiazole rings is 1. The number of guanidine groups is 1. The monoisotopic (exact) mass is 346 g/mol. The summed E-state index contributed by atoms with van der Waals surface area (Å²) < 4.78 is 5.97. The molecule has 2 N–H and O–H groups in total. The summed E-state index contributed by atoms with van der Waals surface area (Å²) in [5, 5.41) is 7.65. The number of hydrogen-bond donors (Lipinski definition) is 2. The van der Waals surface area contributed by atoms with Crippen LogP contribution in [0.25, 0.3) is 0 Å². The summed E-state index contributed by atoms with van der Waals surface area (Å²) in [6.45, 7) is 9.56. The Kier molecular flexibility index (Phi) is 6.61. The van der Waals surface area contributed by atoms with Crippen molar-refractivity contribution in [2.24, 2.45) is 4.99 Å². The fourth-order valence-electron chi connectivity index (χ4n) is 2.18. The molecule has 1 aromatic heterocycles.